The van der Waals surface area contributed by atoms with E-state index in [0.717, 1.165) is 17.0 Å². The molecule has 2 unspecified atom stereocenters. The standard InChI is InChI=1S/C20H19ClN2O3/c21-13-5-7-14(8-6-13)23-11-9-16(20(23)25)19(24)22-17-10-12-26-18-4-2-1-3-15(17)18/h1-8,16-17H,9-12H2,(H,22,24). The average molecular weight is 371 g/mol. The van der Waals surface area contributed by atoms with Crippen molar-refractivity contribution in [2.24, 2.45) is 5.92 Å². The van der Waals surface area contributed by atoms with Crippen molar-refractivity contribution in [3.8, 4) is 5.75 Å². The minimum atomic E-state index is -0.652. The molecule has 134 valence electrons. The summed E-state index contributed by atoms with van der Waals surface area (Å²) in [6.45, 7) is 1.08. The van der Waals surface area contributed by atoms with Crippen LogP contribution >= 0.6 is 11.6 Å². The zero-order chi connectivity index (χ0) is 18.1. The number of hydrogen-bond acceptors (Lipinski definition) is 3. The summed E-state index contributed by atoms with van der Waals surface area (Å²) >= 11 is 5.91. The first kappa shape index (κ1) is 16.9. The van der Waals surface area contributed by atoms with Gasteiger partial charge in [-0.05, 0) is 36.8 Å². The number of para-hydroxylation sites is 1. The molecule has 2 heterocycles. The van der Waals surface area contributed by atoms with Crippen LogP contribution in [0.15, 0.2) is 48.5 Å². The molecule has 0 bridgehead atoms. The van der Waals surface area contributed by atoms with E-state index in [1.165, 1.54) is 0 Å². The van der Waals surface area contributed by atoms with E-state index in [4.69, 9.17) is 16.3 Å². The van der Waals surface area contributed by atoms with Crippen molar-refractivity contribution in [3.63, 3.8) is 0 Å². The summed E-state index contributed by atoms with van der Waals surface area (Å²) < 4.78 is 5.63. The van der Waals surface area contributed by atoms with Crippen LogP contribution in [0.5, 0.6) is 5.75 Å². The first-order chi connectivity index (χ1) is 12.6. The van der Waals surface area contributed by atoms with Crippen molar-refractivity contribution in [2.75, 3.05) is 18.1 Å². The summed E-state index contributed by atoms with van der Waals surface area (Å²) in [4.78, 5) is 27.1. The maximum atomic E-state index is 12.7. The van der Waals surface area contributed by atoms with E-state index in [1.807, 2.05) is 24.3 Å². The number of ether oxygens (including phenoxy) is 1. The van der Waals surface area contributed by atoms with Gasteiger partial charge in [0.05, 0.1) is 12.6 Å². The lowest BCUT2D eigenvalue weighted by Crippen LogP contribution is -2.39. The molecule has 2 aliphatic rings. The van der Waals surface area contributed by atoms with Gasteiger partial charge in [0.1, 0.15) is 11.7 Å². The number of halogens is 1. The largest absolute Gasteiger partial charge is 0.493 e. The summed E-state index contributed by atoms with van der Waals surface area (Å²) in [6.07, 6.45) is 1.21. The van der Waals surface area contributed by atoms with Gasteiger partial charge in [-0.1, -0.05) is 29.8 Å². The maximum absolute atomic E-state index is 12.7. The van der Waals surface area contributed by atoms with Gasteiger partial charge >= 0.3 is 0 Å². The van der Waals surface area contributed by atoms with Crippen molar-refractivity contribution in [3.05, 3.63) is 59.1 Å². The number of carbonyl (C=O) groups is 2. The highest BCUT2D eigenvalue weighted by atomic mass is 35.5. The highest BCUT2D eigenvalue weighted by Crippen LogP contribution is 2.33. The van der Waals surface area contributed by atoms with Crippen LogP contribution in [0.1, 0.15) is 24.4 Å². The third kappa shape index (κ3) is 3.15. The Hall–Kier alpha value is -2.53. The number of carbonyl (C=O) groups excluding carboxylic acids is 2. The lowest BCUT2D eigenvalue weighted by atomic mass is 9.99. The van der Waals surface area contributed by atoms with E-state index in [0.29, 0.717) is 31.0 Å². The van der Waals surface area contributed by atoms with Crippen molar-refractivity contribution >= 4 is 29.1 Å². The van der Waals surface area contributed by atoms with Crippen LogP contribution in [-0.2, 0) is 9.59 Å². The Balaban J connectivity index is 1.46. The van der Waals surface area contributed by atoms with Crippen LogP contribution in [0.2, 0.25) is 5.02 Å². The van der Waals surface area contributed by atoms with Gasteiger partial charge in [-0.25, -0.2) is 0 Å². The highest BCUT2D eigenvalue weighted by Gasteiger charge is 2.38. The average Bonchev–Trinajstić information content (AvgIpc) is 3.04. The molecule has 2 aromatic carbocycles. The van der Waals surface area contributed by atoms with Crippen LogP contribution in [0.4, 0.5) is 5.69 Å². The number of anilines is 1. The smallest absolute Gasteiger partial charge is 0.239 e. The number of nitrogens with zero attached hydrogens (tertiary/aromatic N) is 1. The minimum absolute atomic E-state index is 0.121. The molecule has 2 amide bonds. The number of nitrogens with one attached hydrogen (secondary N) is 1. The second kappa shape index (κ2) is 7.00. The van der Waals surface area contributed by atoms with Crippen molar-refractivity contribution in [1.82, 2.24) is 5.32 Å². The molecule has 4 rings (SSSR count). The molecule has 0 spiro atoms. The number of benzene rings is 2. The molecule has 2 atom stereocenters. The lowest BCUT2D eigenvalue weighted by Gasteiger charge is -2.27. The predicted molar refractivity (Wildman–Crippen MR) is 99.3 cm³/mol. The van der Waals surface area contributed by atoms with Gasteiger partial charge in [-0.3, -0.25) is 9.59 Å². The molecule has 6 heteroatoms. The third-order valence-corrected chi connectivity index (χ3v) is 5.19. The summed E-state index contributed by atoms with van der Waals surface area (Å²) in [5.41, 5.74) is 1.73. The Morgan fingerprint density at radius 1 is 1.12 bits per heavy atom. The zero-order valence-corrected chi connectivity index (χ0v) is 14.9. The van der Waals surface area contributed by atoms with Crippen molar-refractivity contribution in [1.29, 1.82) is 0 Å². The molecule has 0 aromatic heterocycles. The van der Waals surface area contributed by atoms with Gasteiger partial charge < -0.3 is 15.0 Å². The molecule has 0 radical (unpaired) electrons. The first-order valence-corrected chi connectivity index (χ1v) is 9.10. The molecule has 0 saturated carbocycles. The first-order valence-electron chi connectivity index (χ1n) is 8.72. The van der Waals surface area contributed by atoms with Gasteiger partial charge in [0.15, 0.2) is 0 Å². The van der Waals surface area contributed by atoms with Crippen LogP contribution < -0.4 is 15.0 Å². The number of fused-ring (bicyclic) bond motifs is 1. The Morgan fingerprint density at radius 3 is 2.69 bits per heavy atom. The molecular weight excluding hydrogens is 352 g/mol. The molecule has 1 fully saturated rings. The second-order valence-corrected chi connectivity index (χ2v) is 6.98. The third-order valence-electron chi connectivity index (χ3n) is 4.94. The summed E-state index contributed by atoms with van der Waals surface area (Å²) in [6, 6.07) is 14.7. The molecule has 1 N–H and O–H groups in total. The van der Waals surface area contributed by atoms with Crippen LogP contribution in [0, 0.1) is 5.92 Å². The van der Waals surface area contributed by atoms with Crippen LogP contribution in [0.3, 0.4) is 0 Å². The fourth-order valence-electron chi connectivity index (χ4n) is 3.56. The molecule has 2 aliphatic heterocycles. The predicted octanol–water partition coefficient (Wildman–Crippen LogP) is 3.33. The van der Waals surface area contributed by atoms with Crippen molar-refractivity contribution < 1.29 is 14.3 Å². The molecule has 2 aromatic rings. The molecular formula is C20H19ClN2O3. The Bertz CT molecular complexity index is 837. The quantitative estimate of drug-likeness (QED) is 0.843. The number of rotatable bonds is 3. The van der Waals surface area contributed by atoms with E-state index < -0.39 is 5.92 Å². The number of amides is 2. The van der Waals surface area contributed by atoms with Crippen LogP contribution in [-0.4, -0.2) is 25.0 Å². The molecule has 26 heavy (non-hydrogen) atoms. The SMILES string of the molecule is O=C(NC1CCOc2ccccc21)C1CCN(c2ccc(Cl)cc2)C1=O. The van der Waals surface area contributed by atoms with Gasteiger partial charge in [-0.15, -0.1) is 0 Å². The normalized spacial score (nSPS) is 21.9. The number of hydrogen-bond donors (Lipinski definition) is 1. The van der Waals surface area contributed by atoms with E-state index in [-0.39, 0.29) is 17.9 Å². The van der Waals surface area contributed by atoms with Gasteiger partial charge in [-0.2, -0.15) is 0 Å². The van der Waals surface area contributed by atoms with Gasteiger partial charge in [0.25, 0.3) is 0 Å². The van der Waals surface area contributed by atoms with Crippen molar-refractivity contribution in [2.45, 2.75) is 18.9 Å². The monoisotopic (exact) mass is 370 g/mol. The van der Waals surface area contributed by atoms with E-state index >= 15 is 0 Å². The van der Waals surface area contributed by atoms with E-state index in [1.54, 1.807) is 29.2 Å². The fourth-order valence-corrected chi connectivity index (χ4v) is 3.69. The summed E-state index contributed by atoms with van der Waals surface area (Å²) in [5, 5.41) is 3.66. The lowest BCUT2D eigenvalue weighted by molar-refractivity contribution is -0.132. The minimum Gasteiger partial charge on any atom is -0.493 e. The molecule has 5 nitrogen and oxygen atoms in total. The topological polar surface area (TPSA) is 58.6 Å². The Kier molecular flexibility index (Phi) is 4.55. The van der Waals surface area contributed by atoms with Gasteiger partial charge in [0.2, 0.25) is 11.8 Å². The molecule has 0 aliphatic carbocycles. The van der Waals surface area contributed by atoms with E-state index in [2.05, 4.69) is 5.32 Å². The summed E-state index contributed by atoms with van der Waals surface area (Å²) in [5.74, 6) is -0.233. The Labute approximate surface area is 156 Å². The van der Waals surface area contributed by atoms with E-state index in [9.17, 15) is 9.59 Å². The summed E-state index contributed by atoms with van der Waals surface area (Å²) in [7, 11) is 0. The molecule has 1 saturated heterocycles. The van der Waals surface area contributed by atoms with Gasteiger partial charge in [0, 0.05) is 29.2 Å². The zero-order valence-electron chi connectivity index (χ0n) is 14.2. The second-order valence-electron chi connectivity index (χ2n) is 6.54. The van der Waals surface area contributed by atoms with Crippen LogP contribution in [0.25, 0.3) is 0 Å². The fraction of sp³-hybridized carbons (Fsp3) is 0.300. The highest BCUT2D eigenvalue weighted by molar-refractivity contribution is 6.30. The maximum Gasteiger partial charge on any atom is 0.239 e. The Morgan fingerprint density at radius 2 is 1.88 bits per heavy atom.